The fourth-order valence-corrected chi connectivity index (χ4v) is 5.79. The van der Waals surface area contributed by atoms with E-state index in [0.29, 0.717) is 18.2 Å². The molecular weight excluding hydrogens is 388 g/mol. The molecule has 1 aromatic heterocycles. The van der Waals surface area contributed by atoms with Crippen molar-refractivity contribution >= 4 is 16.8 Å². The van der Waals surface area contributed by atoms with Gasteiger partial charge in [-0.05, 0) is 56.2 Å². The second kappa shape index (κ2) is 9.88. The monoisotopic (exact) mass is 424 g/mol. The quantitative estimate of drug-likeness (QED) is 0.684. The first-order valence-corrected chi connectivity index (χ1v) is 12.1. The van der Waals surface area contributed by atoms with Gasteiger partial charge >= 0.3 is 0 Å². The molecule has 2 fully saturated rings. The Labute approximate surface area is 185 Å². The normalized spacial score (nSPS) is 18.3. The summed E-state index contributed by atoms with van der Waals surface area (Å²) in [5.41, 5.74) is 2.52. The second-order valence-corrected chi connectivity index (χ2v) is 9.24. The zero-order valence-corrected chi connectivity index (χ0v) is 19.0. The van der Waals surface area contributed by atoms with Gasteiger partial charge in [-0.1, -0.05) is 38.5 Å². The van der Waals surface area contributed by atoms with Crippen LogP contribution in [-0.2, 0) is 11.2 Å². The smallest absolute Gasteiger partial charge is 0.252 e. The summed E-state index contributed by atoms with van der Waals surface area (Å²) in [6, 6.07) is 6.15. The van der Waals surface area contributed by atoms with Crippen LogP contribution in [0.1, 0.15) is 88.2 Å². The van der Waals surface area contributed by atoms with E-state index in [0.717, 1.165) is 67.1 Å². The van der Waals surface area contributed by atoms with Crippen molar-refractivity contribution in [2.45, 2.75) is 89.5 Å². The third kappa shape index (κ3) is 4.65. The number of ether oxygens (including phenoxy) is 1. The molecule has 0 aliphatic heterocycles. The standard InChI is InChI=1S/C26H36N2O3/c1-3-28(19-12-8-5-9-13-19)24(29)17-22-21-15-14-20(31-2)16-23(21)27-26(30)25(22)18-10-6-4-7-11-18/h14-16,18-19H,3-13,17H2,1-2H3,(H,27,30). The van der Waals surface area contributed by atoms with Crippen LogP contribution in [0.15, 0.2) is 23.0 Å². The van der Waals surface area contributed by atoms with E-state index < -0.39 is 0 Å². The maximum atomic E-state index is 13.5. The number of hydrogen-bond acceptors (Lipinski definition) is 3. The Morgan fingerprint density at radius 1 is 1.06 bits per heavy atom. The topological polar surface area (TPSA) is 62.4 Å². The molecule has 2 aromatic rings. The summed E-state index contributed by atoms with van der Waals surface area (Å²) < 4.78 is 5.37. The molecule has 0 radical (unpaired) electrons. The predicted octanol–water partition coefficient (Wildman–Crippen LogP) is 5.31. The zero-order chi connectivity index (χ0) is 21.8. The number of carbonyl (C=O) groups excluding carboxylic acids is 1. The third-order valence-corrected chi connectivity index (χ3v) is 7.39. The second-order valence-electron chi connectivity index (χ2n) is 9.24. The van der Waals surface area contributed by atoms with E-state index in [2.05, 4.69) is 16.8 Å². The molecular formula is C26H36N2O3. The number of rotatable bonds is 6. The lowest BCUT2D eigenvalue weighted by Crippen LogP contribution is -2.42. The number of methoxy groups -OCH3 is 1. The number of H-pyrrole nitrogens is 1. The van der Waals surface area contributed by atoms with Crippen molar-refractivity contribution < 1.29 is 9.53 Å². The molecule has 0 atom stereocenters. The lowest BCUT2D eigenvalue weighted by Gasteiger charge is -2.34. The van der Waals surface area contributed by atoms with E-state index in [9.17, 15) is 9.59 Å². The SMILES string of the molecule is CCN(C(=O)Cc1c(C2CCCCC2)c(=O)[nH]c2cc(OC)ccc12)C1CCCCC1. The van der Waals surface area contributed by atoms with Crippen molar-refractivity contribution in [1.82, 2.24) is 9.88 Å². The number of hydrogen-bond donors (Lipinski definition) is 1. The van der Waals surface area contributed by atoms with Gasteiger partial charge in [0, 0.05) is 29.6 Å². The van der Waals surface area contributed by atoms with E-state index in [4.69, 9.17) is 4.74 Å². The fraction of sp³-hybridized carbons (Fsp3) is 0.615. The molecule has 5 heteroatoms. The number of nitrogens with zero attached hydrogens (tertiary/aromatic N) is 1. The van der Waals surface area contributed by atoms with Crippen LogP contribution in [0.4, 0.5) is 0 Å². The Kier molecular flexibility index (Phi) is 6.99. The summed E-state index contributed by atoms with van der Waals surface area (Å²) in [6.07, 6.45) is 11.8. The van der Waals surface area contributed by atoms with Gasteiger partial charge in [0.05, 0.1) is 19.0 Å². The molecule has 0 saturated heterocycles. The molecule has 2 aliphatic carbocycles. The number of aromatic nitrogens is 1. The van der Waals surface area contributed by atoms with Gasteiger partial charge in [0.1, 0.15) is 5.75 Å². The van der Waals surface area contributed by atoms with Crippen LogP contribution in [-0.4, -0.2) is 35.5 Å². The van der Waals surface area contributed by atoms with Crippen molar-refractivity contribution in [2.24, 2.45) is 0 Å². The molecule has 0 bridgehead atoms. The van der Waals surface area contributed by atoms with Gasteiger partial charge in [0.15, 0.2) is 0 Å². The fourth-order valence-electron chi connectivity index (χ4n) is 5.79. The molecule has 1 heterocycles. The van der Waals surface area contributed by atoms with Crippen LogP contribution < -0.4 is 10.3 Å². The van der Waals surface area contributed by atoms with Crippen LogP contribution in [0.25, 0.3) is 10.9 Å². The van der Waals surface area contributed by atoms with Gasteiger partial charge in [-0.2, -0.15) is 0 Å². The Hall–Kier alpha value is -2.30. The van der Waals surface area contributed by atoms with Gasteiger partial charge in [0.2, 0.25) is 5.91 Å². The summed E-state index contributed by atoms with van der Waals surface area (Å²) >= 11 is 0. The number of fused-ring (bicyclic) bond motifs is 1. The highest BCUT2D eigenvalue weighted by molar-refractivity contribution is 5.90. The van der Waals surface area contributed by atoms with E-state index >= 15 is 0 Å². The van der Waals surface area contributed by atoms with Crippen molar-refractivity contribution in [3.63, 3.8) is 0 Å². The highest BCUT2D eigenvalue weighted by Crippen LogP contribution is 2.36. The van der Waals surface area contributed by atoms with Crippen LogP contribution in [0, 0.1) is 0 Å². The first-order chi connectivity index (χ1) is 15.1. The van der Waals surface area contributed by atoms with Crippen LogP contribution in [0.3, 0.4) is 0 Å². The number of nitrogens with one attached hydrogen (secondary N) is 1. The number of aromatic amines is 1. The summed E-state index contributed by atoms with van der Waals surface area (Å²) in [5, 5.41) is 0.981. The summed E-state index contributed by atoms with van der Waals surface area (Å²) in [5.74, 6) is 1.12. The van der Waals surface area contributed by atoms with Gasteiger partial charge in [0.25, 0.3) is 5.56 Å². The minimum Gasteiger partial charge on any atom is -0.497 e. The lowest BCUT2D eigenvalue weighted by molar-refractivity contribution is -0.133. The van der Waals surface area contributed by atoms with E-state index in [1.165, 1.54) is 25.7 Å². The molecule has 2 aliphatic rings. The highest BCUT2D eigenvalue weighted by atomic mass is 16.5. The highest BCUT2D eigenvalue weighted by Gasteiger charge is 2.28. The average molecular weight is 425 g/mol. The molecule has 0 unspecified atom stereocenters. The minimum atomic E-state index is -0.0313. The number of carbonyl (C=O) groups is 1. The Morgan fingerprint density at radius 2 is 1.74 bits per heavy atom. The van der Waals surface area contributed by atoms with Gasteiger partial charge < -0.3 is 14.6 Å². The Morgan fingerprint density at radius 3 is 2.39 bits per heavy atom. The van der Waals surface area contributed by atoms with Crippen LogP contribution >= 0.6 is 0 Å². The zero-order valence-electron chi connectivity index (χ0n) is 19.0. The maximum Gasteiger partial charge on any atom is 0.252 e. The largest absolute Gasteiger partial charge is 0.497 e. The molecule has 2 saturated carbocycles. The third-order valence-electron chi connectivity index (χ3n) is 7.39. The maximum absolute atomic E-state index is 13.5. The van der Waals surface area contributed by atoms with E-state index in [1.807, 2.05) is 18.2 Å². The van der Waals surface area contributed by atoms with Crippen molar-refractivity contribution in [1.29, 1.82) is 0 Å². The van der Waals surface area contributed by atoms with Gasteiger partial charge in [-0.15, -0.1) is 0 Å². The molecule has 1 aromatic carbocycles. The van der Waals surface area contributed by atoms with Gasteiger partial charge in [-0.25, -0.2) is 0 Å². The Balaban J connectivity index is 1.75. The predicted molar refractivity (Wildman–Crippen MR) is 125 cm³/mol. The number of amides is 1. The summed E-state index contributed by atoms with van der Waals surface area (Å²) in [7, 11) is 1.63. The molecule has 31 heavy (non-hydrogen) atoms. The Bertz CT molecular complexity index is 969. The van der Waals surface area contributed by atoms with E-state index in [1.54, 1.807) is 7.11 Å². The first-order valence-electron chi connectivity index (χ1n) is 12.1. The lowest BCUT2D eigenvalue weighted by atomic mass is 9.81. The van der Waals surface area contributed by atoms with Crippen molar-refractivity contribution in [3.8, 4) is 5.75 Å². The average Bonchev–Trinajstić information content (AvgIpc) is 2.80. The van der Waals surface area contributed by atoms with Crippen LogP contribution in [0.5, 0.6) is 5.75 Å². The first kappa shape index (κ1) is 21.9. The van der Waals surface area contributed by atoms with Crippen molar-refractivity contribution in [3.05, 3.63) is 39.7 Å². The molecule has 1 amide bonds. The number of likely N-dealkylation sites (N-methyl/N-ethyl adjacent to an activating group) is 1. The van der Waals surface area contributed by atoms with Crippen LogP contribution in [0.2, 0.25) is 0 Å². The minimum absolute atomic E-state index is 0.0313. The molecule has 5 nitrogen and oxygen atoms in total. The molecule has 0 spiro atoms. The van der Waals surface area contributed by atoms with Crippen molar-refractivity contribution in [2.75, 3.05) is 13.7 Å². The molecule has 168 valence electrons. The van der Waals surface area contributed by atoms with E-state index in [-0.39, 0.29) is 17.4 Å². The number of benzene rings is 1. The summed E-state index contributed by atoms with van der Waals surface area (Å²) in [6.45, 7) is 2.81. The summed E-state index contributed by atoms with van der Waals surface area (Å²) in [4.78, 5) is 32.0. The number of pyridine rings is 1. The molecule has 1 N–H and O–H groups in total. The molecule has 4 rings (SSSR count). The van der Waals surface area contributed by atoms with Gasteiger partial charge in [-0.3, -0.25) is 9.59 Å².